The van der Waals surface area contributed by atoms with Crippen molar-refractivity contribution in [2.24, 2.45) is 0 Å². The fourth-order valence-corrected chi connectivity index (χ4v) is 9.76. The maximum absolute atomic E-state index is 12.9. The minimum Gasteiger partial charge on any atom is -0.462 e. The van der Waals surface area contributed by atoms with Crippen molar-refractivity contribution in [3.63, 3.8) is 0 Å². The highest BCUT2D eigenvalue weighted by atomic mass is 16.6. The van der Waals surface area contributed by atoms with E-state index in [1.165, 1.54) is 250 Å². The summed E-state index contributed by atoms with van der Waals surface area (Å²) in [6.07, 6.45) is 79.7. The largest absolute Gasteiger partial charge is 0.462 e. The molecule has 6 nitrogen and oxygen atoms in total. The van der Waals surface area contributed by atoms with Crippen molar-refractivity contribution >= 4 is 17.9 Å². The lowest BCUT2D eigenvalue weighted by Gasteiger charge is -2.18. The highest BCUT2D eigenvalue weighted by Gasteiger charge is 2.19. The molecule has 0 N–H and O–H groups in total. The molecule has 0 radical (unpaired) electrons. The van der Waals surface area contributed by atoms with Crippen molar-refractivity contribution in [3.8, 4) is 0 Å². The molecule has 0 aromatic heterocycles. The topological polar surface area (TPSA) is 78.9 Å². The number of allylic oxidation sites excluding steroid dienone is 8. The van der Waals surface area contributed by atoms with Crippen LogP contribution in [-0.2, 0) is 28.6 Å². The molecule has 0 aliphatic heterocycles. The van der Waals surface area contributed by atoms with Crippen LogP contribution in [0.2, 0.25) is 0 Å². The second-order valence-corrected chi connectivity index (χ2v) is 22.4. The molecule has 0 aliphatic rings. The van der Waals surface area contributed by atoms with Crippen LogP contribution in [0.5, 0.6) is 0 Å². The van der Waals surface area contributed by atoms with Crippen LogP contribution in [0.4, 0.5) is 0 Å². The third-order valence-corrected chi connectivity index (χ3v) is 14.8. The number of hydrogen-bond donors (Lipinski definition) is 0. The number of hydrogen-bond acceptors (Lipinski definition) is 6. The van der Waals surface area contributed by atoms with Gasteiger partial charge in [0.05, 0.1) is 0 Å². The normalized spacial score (nSPS) is 12.3. The van der Waals surface area contributed by atoms with Gasteiger partial charge in [0.2, 0.25) is 0 Å². The van der Waals surface area contributed by atoms with Gasteiger partial charge < -0.3 is 14.2 Å². The number of unbranched alkanes of at least 4 members (excludes halogenated alkanes) is 42. The molecule has 0 aliphatic carbocycles. The summed E-state index contributed by atoms with van der Waals surface area (Å²) in [5, 5.41) is 0. The SMILES string of the molecule is CCCCC/C=C/C/C=C/CCCCCCCCCCCC(=O)OC[C@@H](COC(=O)CCCCCCCCCCC/C=C/CCCCCCCC)OC(=O)CCCCCCCCCCC/C=C/CCCCCCCC. The Kier molecular flexibility index (Phi) is 61.7. The van der Waals surface area contributed by atoms with E-state index in [0.29, 0.717) is 19.3 Å². The van der Waals surface area contributed by atoms with E-state index >= 15 is 0 Å². The molecule has 0 amide bonds. The van der Waals surface area contributed by atoms with Gasteiger partial charge in [-0.05, 0) is 103 Å². The molecule has 0 aromatic carbocycles. The number of esters is 3. The maximum atomic E-state index is 12.9. The average Bonchev–Trinajstić information content (AvgIpc) is 3.41. The summed E-state index contributed by atoms with van der Waals surface area (Å²) < 4.78 is 17.0. The van der Waals surface area contributed by atoms with Crippen LogP contribution in [0, 0.1) is 0 Å². The minimum absolute atomic E-state index is 0.0736. The summed E-state index contributed by atoms with van der Waals surface area (Å²) in [5.74, 6) is -0.860. The van der Waals surface area contributed by atoms with Crippen molar-refractivity contribution < 1.29 is 28.6 Å². The molecule has 0 aromatic rings. The Bertz CT molecular complexity index is 1300. The Balaban J connectivity index is 4.35. The Morgan fingerprint density at radius 2 is 0.480 bits per heavy atom. The molecule has 0 fully saturated rings. The predicted molar refractivity (Wildman–Crippen MR) is 325 cm³/mol. The van der Waals surface area contributed by atoms with Gasteiger partial charge in [-0.15, -0.1) is 0 Å². The zero-order valence-corrected chi connectivity index (χ0v) is 50.3. The lowest BCUT2D eigenvalue weighted by molar-refractivity contribution is -0.167. The Morgan fingerprint density at radius 3 is 0.773 bits per heavy atom. The second-order valence-electron chi connectivity index (χ2n) is 22.4. The third-order valence-electron chi connectivity index (χ3n) is 14.8. The van der Waals surface area contributed by atoms with Gasteiger partial charge in [-0.1, -0.05) is 281 Å². The molecule has 0 saturated heterocycles. The second kappa shape index (κ2) is 63.9. The van der Waals surface area contributed by atoms with Gasteiger partial charge in [-0.2, -0.15) is 0 Å². The van der Waals surface area contributed by atoms with Crippen molar-refractivity contribution in [2.75, 3.05) is 13.2 Å². The molecular formula is C69H126O6. The lowest BCUT2D eigenvalue weighted by Crippen LogP contribution is -2.30. The van der Waals surface area contributed by atoms with E-state index in [1.807, 2.05) is 0 Å². The summed E-state index contributed by atoms with van der Waals surface area (Å²) in [5.41, 5.74) is 0. The first-order valence-corrected chi connectivity index (χ1v) is 33.1. The summed E-state index contributed by atoms with van der Waals surface area (Å²) >= 11 is 0. The van der Waals surface area contributed by atoms with Crippen molar-refractivity contribution in [2.45, 2.75) is 361 Å². The van der Waals surface area contributed by atoms with E-state index in [4.69, 9.17) is 14.2 Å². The molecule has 1 atom stereocenters. The van der Waals surface area contributed by atoms with Gasteiger partial charge in [-0.25, -0.2) is 0 Å². The average molecular weight is 1050 g/mol. The number of rotatable bonds is 61. The Hall–Kier alpha value is -2.63. The van der Waals surface area contributed by atoms with E-state index in [0.717, 1.165) is 64.2 Å². The highest BCUT2D eigenvalue weighted by Crippen LogP contribution is 2.17. The minimum atomic E-state index is -0.777. The van der Waals surface area contributed by atoms with Crippen molar-refractivity contribution in [1.82, 2.24) is 0 Å². The Labute approximate surface area is 467 Å². The molecule has 0 bridgehead atoms. The van der Waals surface area contributed by atoms with Crippen LogP contribution in [0.15, 0.2) is 48.6 Å². The van der Waals surface area contributed by atoms with Crippen LogP contribution in [0.25, 0.3) is 0 Å². The van der Waals surface area contributed by atoms with E-state index < -0.39 is 6.10 Å². The van der Waals surface area contributed by atoms with E-state index in [9.17, 15) is 14.4 Å². The molecule has 0 saturated carbocycles. The molecule has 0 rings (SSSR count). The van der Waals surface area contributed by atoms with Crippen LogP contribution in [0.3, 0.4) is 0 Å². The first-order chi connectivity index (χ1) is 37.0. The van der Waals surface area contributed by atoms with Crippen molar-refractivity contribution in [3.05, 3.63) is 48.6 Å². The molecule has 75 heavy (non-hydrogen) atoms. The van der Waals surface area contributed by atoms with Gasteiger partial charge in [0, 0.05) is 19.3 Å². The zero-order chi connectivity index (χ0) is 54.3. The van der Waals surface area contributed by atoms with E-state index in [2.05, 4.69) is 69.4 Å². The lowest BCUT2D eigenvalue weighted by atomic mass is 10.1. The molecular weight excluding hydrogens is 925 g/mol. The number of ether oxygens (including phenoxy) is 3. The highest BCUT2D eigenvalue weighted by molar-refractivity contribution is 5.71. The smallest absolute Gasteiger partial charge is 0.306 e. The quantitative estimate of drug-likeness (QED) is 0.0261. The summed E-state index contributed by atoms with van der Waals surface area (Å²) in [6, 6.07) is 0. The summed E-state index contributed by atoms with van der Waals surface area (Å²) in [4.78, 5) is 38.4. The summed E-state index contributed by atoms with van der Waals surface area (Å²) in [6.45, 7) is 6.66. The first kappa shape index (κ1) is 72.4. The standard InChI is InChI=1S/C69H126O6/c1-4-7-10-13-16-19-22-25-28-31-34-37-40-43-46-49-52-55-58-61-67(70)73-64-66(75-69(72)63-60-57-54-51-48-45-42-39-36-33-30-27-24-21-18-15-12-9-6-3)65-74-68(71)62-59-56-53-50-47-44-41-38-35-32-29-26-23-20-17-14-11-8-5-2/h16,19,25-30,66H,4-15,17-18,20-24,31-65H2,1-3H3/b19-16+,28-25+,29-26+,30-27+/t66-/m0/s1. The molecule has 0 spiro atoms. The Morgan fingerprint density at radius 1 is 0.267 bits per heavy atom. The van der Waals surface area contributed by atoms with Gasteiger partial charge >= 0.3 is 17.9 Å². The molecule has 6 heteroatoms. The van der Waals surface area contributed by atoms with Gasteiger partial charge in [0.1, 0.15) is 13.2 Å². The molecule has 0 heterocycles. The van der Waals surface area contributed by atoms with Crippen LogP contribution in [-0.4, -0.2) is 37.2 Å². The van der Waals surface area contributed by atoms with Gasteiger partial charge in [0.25, 0.3) is 0 Å². The predicted octanol–water partition coefficient (Wildman–Crippen LogP) is 22.6. The van der Waals surface area contributed by atoms with Crippen LogP contribution >= 0.6 is 0 Å². The van der Waals surface area contributed by atoms with Gasteiger partial charge in [-0.3, -0.25) is 14.4 Å². The van der Waals surface area contributed by atoms with Crippen LogP contribution < -0.4 is 0 Å². The summed E-state index contributed by atoms with van der Waals surface area (Å²) in [7, 11) is 0. The molecule has 438 valence electrons. The van der Waals surface area contributed by atoms with Crippen LogP contribution in [0.1, 0.15) is 355 Å². The molecule has 0 unspecified atom stereocenters. The first-order valence-electron chi connectivity index (χ1n) is 33.1. The fraction of sp³-hybridized carbons (Fsp3) is 0.841. The third kappa shape index (κ3) is 62.1. The van der Waals surface area contributed by atoms with Crippen molar-refractivity contribution in [1.29, 1.82) is 0 Å². The number of carbonyl (C=O) groups excluding carboxylic acids is 3. The maximum Gasteiger partial charge on any atom is 0.306 e. The van der Waals surface area contributed by atoms with E-state index in [1.54, 1.807) is 0 Å². The number of carbonyl (C=O) groups is 3. The van der Waals surface area contributed by atoms with Gasteiger partial charge in [0.15, 0.2) is 6.10 Å². The fourth-order valence-electron chi connectivity index (χ4n) is 9.76. The monoisotopic (exact) mass is 1050 g/mol. The van der Waals surface area contributed by atoms with E-state index in [-0.39, 0.29) is 31.1 Å². The zero-order valence-electron chi connectivity index (χ0n) is 50.3.